The fourth-order valence-electron chi connectivity index (χ4n) is 1.78. The van der Waals surface area contributed by atoms with Gasteiger partial charge in [0, 0.05) is 18.1 Å². The summed E-state index contributed by atoms with van der Waals surface area (Å²) in [5.74, 6) is -0.524. The monoisotopic (exact) mass is 265 g/mol. The van der Waals surface area contributed by atoms with Crippen LogP contribution in [0.2, 0.25) is 0 Å². The van der Waals surface area contributed by atoms with E-state index in [0.717, 1.165) is 24.4 Å². The SMILES string of the molecule is CC(C)C1(CNc2nc(C(F)(F)F)ns2)CC1. The standard InChI is InChI=1S/C10H14F3N3S/c1-6(2)9(3-4-9)5-14-8-15-7(16-17-8)10(11,12)13/h6H,3-5H2,1-2H3,(H,14,15,16). The summed E-state index contributed by atoms with van der Waals surface area (Å²) in [5.41, 5.74) is 0.240. The van der Waals surface area contributed by atoms with Gasteiger partial charge in [-0.2, -0.15) is 22.5 Å². The summed E-state index contributed by atoms with van der Waals surface area (Å²) in [5, 5.41) is 3.22. The first-order valence-corrected chi connectivity index (χ1v) is 6.26. The van der Waals surface area contributed by atoms with Crippen molar-refractivity contribution in [2.75, 3.05) is 11.9 Å². The predicted molar refractivity (Wildman–Crippen MR) is 59.9 cm³/mol. The van der Waals surface area contributed by atoms with Crippen molar-refractivity contribution in [3.8, 4) is 0 Å². The molecule has 1 N–H and O–H groups in total. The number of nitrogens with one attached hydrogen (secondary N) is 1. The summed E-state index contributed by atoms with van der Waals surface area (Å²) in [6.07, 6.45) is -2.20. The molecule has 2 rings (SSSR count). The fraction of sp³-hybridized carbons (Fsp3) is 0.800. The summed E-state index contributed by atoms with van der Waals surface area (Å²) >= 11 is 0.764. The van der Waals surface area contributed by atoms with Gasteiger partial charge in [-0.25, -0.2) is 0 Å². The molecule has 0 bridgehead atoms. The quantitative estimate of drug-likeness (QED) is 0.906. The first kappa shape index (κ1) is 12.6. The number of rotatable bonds is 4. The Morgan fingerprint density at radius 3 is 2.47 bits per heavy atom. The van der Waals surface area contributed by atoms with E-state index < -0.39 is 12.0 Å². The Hall–Kier alpha value is -0.850. The van der Waals surface area contributed by atoms with Gasteiger partial charge in [0.05, 0.1) is 0 Å². The molecule has 1 heterocycles. The molecule has 1 aromatic rings. The molecule has 0 unspecified atom stereocenters. The van der Waals surface area contributed by atoms with E-state index in [0.29, 0.717) is 12.5 Å². The predicted octanol–water partition coefficient (Wildman–Crippen LogP) is 3.41. The summed E-state index contributed by atoms with van der Waals surface area (Å²) in [6, 6.07) is 0. The van der Waals surface area contributed by atoms with Crippen molar-refractivity contribution in [3.05, 3.63) is 5.82 Å². The molecule has 1 saturated carbocycles. The van der Waals surface area contributed by atoms with Gasteiger partial charge in [-0.3, -0.25) is 0 Å². The minimum absolute atomic E-state index is 0.240. The number of alkyl halides is 3. The van der Waals surface area contributed by atoms with Crippen LogP contribution in [0.1, 0.15) is 32.5 Å². The lowest BCUT2D eigenvalue weighted by Gasteiger charge is -2.19. The summed E-state index contributed by atoms with van der Waals surface area (Å²) in [6.45, 7) is 4.95. The van der Waals surface area contributed by atoms with Gasteiger partial charge in [-0.1, -0.05) is 13.8 Å². The molecule has 17 heavy (non-hydrogen) atoms. The van der Waals surface area contributed by atoms with E-state index in [-0.39, 0.29) is 10.5 Å². The molecular formula is C10H14F3N3S. The number of halogens is 3. The molecule has 0 spiro atoms. The van der Waals surface area contributed by atoms with E-state index in [4.69, 9.17) is 0 Å². The van der Waals surface area contributed by atoms with Crippen LogP contribution in [0.5, 0.6) is 0 Å². The average molecular weight is 265 g/mol. The minimum Gasteiger partial charge on any atom is -0.360 e. The summed E-state index contributed by atoms with van der Waals surface area (Å²) in [7, 11) is 0. The Bertz CT molecular complexity index is 396. The third kappa shape index (κ3) is 2.70. The molecule has 0 amide bonds. The Balaban J connectivity index is 1.94. The molecule has 1 aliphatic rings. The molecule has 0 atom stereocenters. The van der Waals surface area contributed by atoms with Crippen molar-refractivity contribution in [1.29, 1.82) is 0 Å². The number of nitrogens with zero attached hydrogens (tertiary/aromatic N) is 2. The Labute approximate surface area is 102 Å². The lowest BCUT2D eigenvalue weighted by atomic mass is 9.92. The lowest BCUT2D eigenvalue weighted by Crippen LogP contribution is -2.20. The smallest absolute Gasteiger partial charge is 0.360 e. The van der Waals surface area contributed by atoms with Crippen LogP contribution in [0.25, 0.3) is 0 Å². The van der Waals surface area contributed by atoms with Crippen LogP contribution in [0.4, 0.5) is 18.3 Å². The van der Waals surface area contributed by atoms with E-state index in [9.17, 15) is 13.2 Å². The van der Waals surface area contributed by atoms with Crippen LogP contribution < -0.4 is 5.32 Å². The first-order chi connectivity index (χ1) is 7.83. The molecule has 96 valence electrons. The Morgan fingerprint density at radius 1 is 1.41 bits per heavy atom. The van der Waals surface area contributed by atoms with Crippen molar-refractivity contribution in [2.45, 2.75) is 32.9 Å². The second-order valence-electron chi connectivity index (χ2n) is 4.79. The Kier molecular flexibility index (Phi) is 3.05. The van der Waals surface area contributed by atoms with E-state index in [1.165, 1.54) is 0 Å². The second kappa shape index (κ2) is 4.12. The van der Waals surface area contributed by atoms with E-state index in [2.05, 4.69) is 28.5 Å². The van der Waals surface area contributed by atoms with Gasteiger partial charge in [-0.15, -0.1) is 0 Å². The third-order valence-electron chi connectivity index (χ3n) is 3.39. The molecule has 1 fully saturated rings. The highest BCUT2D eigenvalue weighted by Gasteiger charge is 2.45. The largest absolute Gasteiger partial charge is 0.452 e. The molecule has 0 aromatic carbocycles. The topological polar surface area (TPSA) is 37.8 Å². The average Bonchev–Trinajstić information content (AvgIpc) is 2.85. The zero-order valence-corrected chi connectivity index (χ0v) is 10.5. The van der Waals surface area contributed by atoms with Crippen molar-refractivity contribution in [3.63, 3.8) is 0 Å². The number of anilines is 1. The van der Waals surface area contributed by atoms with E-state index >= 15 is 0 Å². The number of hydrogen-bond donors (Lipinski definition) is 1. The lowest BCUT2D eigenvalue weighted by molar-refractivity contribution is -0.144. The van der Waals surface area contributed by atoms with Crippen molar-refractivity contribution < 1.29 is 13.2 Å². The van der Waals surface area contributed by atoms with Crippen LogP contribution in [0, 0.1) is 11.3 Å². The molecule has 1 aliphatic carbocycles. The highest BCUT2D eigenvalue weighted by molar-refractivity contribution is 7.09. The van der Waals surface area contributed by atoms with Crippen molar-refractivity contribution in [1.82, 2.24) is 9.36 Å². The molecular weight excluding hydrogens is 251 g/mol. The maximum atomic E-state index is 12.3. The normalized spacial score (nSPS) is 18.5. The van der Waals surface area contributed by atoms with Gasteiger partial charge in [0.25, 0.3) is 0 Å². The number of hydrogen-bond acceptors (Lipinski definition) is 4. The zero-order chi connectivity index (χ0) is 12.7. The third-order valence-corrected chi connectivity index (χ3v) is 4.06. The first-order valence-electron chi connectivity index (χ1n) is 5.48. The van der Waals surface area contributed by atoms with E-state index in [1.807, 2.05) is 0 Å². The Morgan fingerprint density at radius 2 is 2.06 bits per heavy atom. The van der Waals surface area contributed by atoms with Crippen molar-refractivity contribution >= 4 is 16.7 Å². The fourth-order valence-corrected chi connectivity index (χ4v) is 2.36. The van der Waals surface area contributed by atoms with Gasteiger partial charge in [0.1, 0.15) is 0 Å². The van der Waals surface area contributed by atoms with Gasteiger partial charge in [-0.05, 0) is 24.2 Å². The van der Waals surface area contributed by atoms with Gasteiger partial charge < -0.3 is 5.32 Å². The van der Waals surface area contributed by atoms with Crippen LogP contribution in [0.3, 0.4) is 0 Å². The second-order valence-corrected chi connectivity index (χ2v) is 5.54. The maximum Gasteiger partial charge on any atom is 0.452 e. The van der Waals surface area contributed by atoms with Gasteiger partial charge in [0.2, 0.25) is 11.0 Å². The zero-order valence-electron chi connectivity index (χ0n) is 9.64. The van der Waals surface area contributed by atoms with Crippen LogP contribution >= 0.6 is 11.5 Å². The molecule has 1 aromatic heterocycles. The van der Waals surface area contributed by atoms with Crippen molar-refractivity contribution in [2.24, 2.45) is 11.3 Å². The van der Waals surface area contributed by atoms with E-state index in [1.54, 1.807) is 0 Å². The van der Waals surface area contributed by atoms with Gasteiger partial charge in [0.15, 0.2) is 0 Å². The van der Waals surface area contributed by atoms with Crippen LogP contribution in [-0.2, 0) is 6.18 Å². The maximum absolute atomic E-state index is 12.3. The summed E-state index contributed by atoms with van der Waals surface area (Å²) < 4.78 is 40.1. The molecule has 0 saturated heterocycles. The molecule has 0 radical (unpaired) electrons. The minimum atomic E-state index is -4.45. The highest BCUT2D eigenvalue weighted by atomic mass is 32.1. The van der Waals surface area contributed by atoms with Crippen LogP contribution in [0.15, 0.2) is 0 Å². The van der Waals surface area contributed by atoms with Crippen LogP contribution in [-0.4, -0.2) is 15.9 Å². The number of aromatic nitrogens is 2. The molecule has 3 nitrogen and oxygen atoms in total. The highest BCUT2D eigenvalue weighted by Crippen LogP contribution is 2.51. The van der Waals surface area contributed by atoms with Gasteiger partial charge >= 0.3 is 6.18 Å². The summed E-state index contributed by atoms with van der Waals surface area (Å²) in [4.78, 5) is 3.44. The molecule has 0 aliphatic heterocycles. The molecule has 7 heteroatoms.